The minimum absolute atomic E-state index is 0.269. The number of benzene rings is 2. The number of fused-ring (bicyclic) bond motifs is 3. The van der Waals surface area contributed by atoms with E-state index in [9.17, 15) is 0 Å². The molecule has 0 spiro atoms. The summed E-state index contributed by atoms with van der Waals surface area (Å²) in [4.78, 5) is 7.16. The zero-order valence-electron chi connectivity index (χ0n) is 16.3. The maximum atomic E-state index is 6.32. The normalized spacial score (nSPS) is 26.2. The predicted molar refractivity (Wildman–Crippen MR) is 113 cm³/mol. The van der Waals surface area contributed by atoms with E-state index in [1.54, 1.807) is 0 Å². The summed E-state index contributed by atoms with van der Waals surface area (Å²) in [5.74, 6) is 1.42. The Kier molecular flexibility index (Phi) is 4.61. The van der Waals surface area contributed by atoms with Crippen LogP contribution in [-0.4, -0.2) is 35.1 Å². The Morgan fingerprint density at radius 1 is 0.786 bits per heavy atom. The fourth-order valence-electron chi connectivity index (χ4n) is 4.70. The lowest BCUT2D eigenvalue weighted by Gasteiger charge is -2.49. The summed E-state index contributed by atoms with van der Waals surface area (Å²) in [6, 6.07) is 23.7. The highest BCUT2D eigenvalue weighted by Gasteiger charge is 2.41. The summed E-state index contributed by atoms with van der Waals surface area (Å²) < 4.78 is 6.32. The third-order valence-electron chi connectivity index (χ3n) is 6.41. The van der Waals surface area contributed by atoms with Crippen LogP contribution in [0.15, 0.2) is 72.9 Å². The number of ether oxygens (including phenoxy) is 1. The molecule has 0 N–H and O–H groups in total. The minimum atomic E-state index is 0.269. The summed E-state index contributed by atoms with van der Waals surface area (Å²) in [5, 5.41) is 0. The Morgan fingerprint density at radius 2 is 1.39 bits per heavy atom. The first-order chi connectivity index (χ1) is 13.8. The number of piperidine rings is 3. The predicted octanol–water partition coefficient (Wildman–Crippen LogP) is 5.28. The molecule has 3 heteroatoms. The number of nitrogens with zero attached hydrogens (tertiary/aromatic N) is 2. The monoisotopic (exact) mass is 370 g/mol. The molecule has 0 unspecified atom stereocenters. The van der Waals surface area contributed by atoms with Gasteiger partial charge in [-0.3, -0.25) is 4.90 Å². The lowest BCUT2D eigenvalue weighted by Crippen LogP contribution is -2.58. The molecule has 142 valence electrons. The van der Waals surface area contributed by atoms with Crippen molar-refractivity contribution in [3.8, 4) is 28.1 Å². The van der Waals surface area contributed by atoms with Crippen LogP contribution in [0.4, 0.5) is 0 Å². The van der Waals surface area contributed by atoms with E-state index in [1.165, 1.54) is 42.6 Å². The summed E-state index contributed by atoms with van der Waals surface area (Å²) in [6.45, 7) is 4.73. The Hall–Kier alpha value is -2.65. The summed E-state index contributed by atoms with van der Waals surface area (Å²) in [6.07, 6.45) is 4.70. The van der Waals surface area contributed by atoms with Gasteiger partial charge in [0.15, 0.2) is 0 Å². The topological polar surface area (TPSA) is 25.4 Å². The van der Waals surface area contributed by atoms with E-state index in [0.29, 0.717) is 12.0 Å². The maximum Gasteiger partial charge on any atom is 0.213 e. The van der Waals surface area contributed by atoms with Crippen molar-refractivity contribution in [1.29, 1.82) is 0 Å². The molecule has 3 aliphatic heterocycles. The molecule has 1 aromatic heterocycles. The van der Waals surface area contributed by atoms with Gasteiger partial charge < -0.3 is 4.74 Å². The van der Waals surface area contributed by atoms with E-state index in [-0.39, 0.29) is 6.10 Å². The van der Waals surface area contributed by atoms with Gasteiger partial charge in [0.25, 0.3) is 0 Å². The van der Waals surface area contributed by atoms with Gasteiger partial charge in [0.1, 0.15) is 6.10 Å². The van der Waals surface area contributed by atoms with E-state index in [4.69, 9.17) is 4.74 Å². The van der Waals surface area contributed by atoms with Gasteiger partial charge in [-0.05, 0) is 61.5 Å². The van der Waals surface area contributed by atoms with Gasteiger partial charge in [0, 0.05) is 23.9 Å². The van der Waals surface area contributed by atoms with Crippen LogP contribution < -0.4 is 4.74 Å². The molecule has 4 heterocycles. The highest BCUT2D eigenvalue weighted by molar-refractivity contribution is 5.70. The van der Waals surface area contributed by atoms with Crippen molar-refractivity contribution < 1.29 is 4.74 Å². The third-order valence-corrected chi connectivity index (χ3v) is 6.41. The van der Waals surface area contributed by atoms with Crippen LogP contribution in [0.3, 0.4) is 0 Å². The molecule has 0 radical (unpaired) electrons. The Bertz CT molecular complexity index is 911. The second kappa shape index (κ2) is 7.40. The molecule has 0 amide bonds. The second-order valence-electron chi connectivity index (χ2n) is 8.02. The van der Waals surface area contributed by atoms with E-state index in [0.717, 1.165) is 11.4 Å². The smallest absolute Gasteiger partial charge is 0.213 e. The van der Waals surface area contributed by atoms with Crippen molar-refractivity contribution in [3.05, 3.63) is 72.9 Å². The number of rotatable bonds is 4. The largest absolute Gasteiger partial charge is 0.472 e. The minimum Gasteiger partial charge on any atom is -0.472 e. The Labute approximate surface area is 167 Å². The number of pyridine rings is 1. The van der Waals surface area contributed by atoms with E-state index in [1.807, 2.05) is 18.3 Å². The quantitative estimate of drug-likeness (QED) is 0.625. The van der Waals surface area contributed by atoms with Gasteiger partial charge in [-0.1, -0.05) is 54.6 Å². The molecule has 6 rings (SSSR count). The molecule has 3 aliphatic rings. The molecule has 0 aliphatic carbocycles. The molecule has 2 bridgehead atoms. The molecule has 28 heavy (non-hydrogen) atoms. The Morgan fingerprint density at radius 3 is 2.00 bits per heavy atom. The zero-order chi connectivity index (χ0) is 18.9. The highest BCUT2D eigenvalue weighted by Crippen LogP contribution is 2.34. The van der Waals surface area contributed by atoms with Crippen LogP contribution in [0, 0.1) is 5.92 Å². The van der Waals surface area contributed by atoms with Crippen molar-refractivity contribution in [2.24, 2.45) is 5.92 Å². The summed E-state index contributed by atoms with van der Waals surface area (Å²) >= 11 is 0. The number of hydrogen-bond donors (Lipinski definition) is 0. The van der Waals surface area contributed by atoms with Crippen molar-refractivity contribution in [2.45, 2.75) is 31.9 Å². The van der Waals surface area contributed by atoms with Gasteiger partial charge >= 0.3 is 0 Å². The fraction of sp³-hybridized carbons (Fsp3) is 0.320. The molecule has 0 saturated carbocycles. The fourth-order valence-corrected chi connectivity index (χ4v) is 4.70. The van der Waals surface area contributed by atoms with Crippen LogP contribution in [0.1, 0.15) is 19.8 Å². The summed E-state index contributed by atoms with van der Waals surface area (Å²) in [7, 11) is 0. The van der Waals surface area contributed by atoms with Crippen molar-refractivity contribution in [3.63, 3.8) is 0 Å². The molecule has 2 atom stereocenters. The number of hydrogen-bond acceptors (Lipinski definition) is 3. The van der Waals surface area contributed by atoms with Crippen LogP contribution >= 0.6 is 0 Å². The summed E-state index contributed by atoms with van der Waals surface area (Å²) in [5.41, 5.74) is 4.76. The highest BCUT2D eigenvalue weighted by atomic mass is 16.5. The van der Waals surface area contributed by atoms with E-state index in [2.05, 4.69) is 71.4 Å². The molecule has 3 fully saturated rings. The average Bonchev–Trinajstić information content (AvgIpc) is 2.78. The molecular weight excluding hydrogens is 344 g/mol. The molecule has 3 aromatic rings. The van der Waals surface area contributed by atoms with E-state index >= 15 is 0 Å². The lowest BCUT2D eigenvalue weighted by molar-refractivity contribution is -0.0525. The van der Waals surface area contributed by atoms with Crippen LogP contribution in [-0.2, 0) is 0 Å². The van der Waals surface area contributed by atoms with E-state index < -0.39 is 0 Å². The number of aromatic nitrogens is 1. The van der Waals surface area contributed by atoms with Crippen LogP contribution in [0.2, 0.25) is 0 Å². The van der Waals surface area contributed by atoms with Gasteiger partial charge in [-0.15, -0.1) is 0 Å². The average molecular weight is 370 g/mol. The van der Waals surface area contributed by atoms with Gasteiger partial charge in [0.05, 0.1) is 0 Å². The van der Waals surface area contributed by atoms with Gasteiger partial charge in [-0.2, -0.15) is 0 Å². The molecule has 3 nitrogen and oxygen atoms in total. The first kappa shape index (κ1) is 17.4. The molecule has 3 saturated heterocycles. The lowest BCUT2D eigenvalue weighted by atomic mass is 9.81. The van der Waals surface area contributed by atoms with Crippen molar-refractivity contribution in [1.82, 2.24) is 9.88 Å². The van der Waals surface area contributed by atoms with Crippen molar-refractivity contribution in [2.75, 3.05) is 13.1 Å². The first-order valence-electron chi connectivity index (χ1n) is 10.3. The third kappa shape index (κ3) is 3.31. The van der Waals surface area contributed by atoms with Crippen molar-refractivity contribution >= 4 is 0 Å². The standard InChI is InChI=1S/C25H26N2O/c1-18-25(22-13-15-27(18)16-14-22)28-24-12-11-23(17-26-24)21-9-7-20(8-10-21)19-5-3-2-4-6-19/h2-12,17-18,22,25H,13-16H2,1H3/t18-,25-/m0/s1. The maximum absolute atomic E-state index is 6.32. The Balaban J connectivity index is 1.30. The zero-order valence-corrected chi connectivity index (χ0v) is 16.3. The van der Waals surface area contributed by atoms with Gasteiger partial charge in [0.2, 0.25) is 5.88 Å². The molecule has 2 aromatic carbocycles. The van der Waals surface area contributed by atoms with Crippen LogP contribution in [0.25, 0.3) is 22.3 Å². The first-order valence-corrected chi connectivity index (χ1v) is 10.3. The molecular formula is C25H26N2O. The van der Waals surface area contributed by atoms with Crippen LogP contribution in [0.5, 0.6) is 5.88 Å². The second-order valence-corrected chi connectivity index (χ2v) is 8.02. The SMILES string of the molecule is C[C@H]1[C@H](Oc2ccc(-c3ccc(-c4ccccc4)cc3)cn2)C2CCN1CC2. The van der Waals surface area contributed by atoms with Gasteiger partial charge in [-0.25, -0.2) is 4.98 Å².